The second kappa shape index (κ2) is 4.46. The van der Waals surface area contributed by atoms with Crippen LogP contribution in [0.5, 0.6) is 0 Å². The number of furan rings is 1. The van der Waals surface area contributed by atoms with Crippen molar-refractivity contribution < 1.29 is 24.2 Å². The average molecular weight is 278 g/mol. The Labute approximate surface area is 116 Å². The molecule has 0 saturated carbocycles. The van der Waals surface area contributed by atoms with E-state index >= 15 is 0 Å². The van der Waals surface area contributed by atoms with Crippen LogP contribution in [0.25, 0.3) is 0 Å². The van der Waals surface area contributed by atoms with Crippen LogP contribution >= 0.6 is 0 Å². The topological polar surface area (TPSA) is 79.9 Å². The molecule has 3 rings (SSSR count). The largest absolute Gasteiger partial charge is 0.472 e. The van der Waals surface area contributed by atoms with E-state index in [1.807, 2.05) is 6.92 Å². The van der Waals surface area contributed by atoms with Crippen molar-refractivity contribution in [3.05, 3.63) is 35.3 Å². The zero-order chi connectivity index (χ0) is 14.5. The van der Waals surface area contributed by atoms with Crippen LogP contribution < -0.4 is 0 Å². The first-order chi connectivity index (χ1) is 9.45. The molecule has 0 unspecified atom stereocenters. The third-order valence-corrected chi connectivity index (χ3v) is 4.63. The lowest BCUT2D eigenvalue weighted by Crippen LogP contribution is -2.49. The summed E-state index contributed by atoms with van der Waals surface area (Å²) in [6.45, 7) is 3.73. The maximum absolute atomic E-state index is 11.9. The summed E-state index contributed by atoms with van der Waals surface area (Å²) in [6.07, 6.45) is 1.92. The lowest BCUT2D eigenvalue weighted by atomic mass is 9.63. The van der Waals surface area contributed by atoms with Gasteiger partial charge in [-0.1, -0.05) is 6.92 Å². The van der Waals surface area contributed by atoms with Crippen molar-refractivity contribution in [3.8, 4) is 0 Å². The Morgan fingerprint density at radius 2 is 2.15 bits per heavy atom. The molecule has 0 radical (unpaired) electrons. The lowest BCUT2D eigenvalue weighted by molar-refractivity contribution is -0.174. The predicted octanol–water partition coefficient (Wildman–Crippen LogP) is 1.72. The number of ether oxygens (including phenoxy) is 1. The molecular weight excluding hydrogens is 260 g/mol. The molecule has 0 amide bonds. The number of hydrogen-bond donors (Lipinski definition) is 2. The number of hydrogen-bond acceptors (Lipinski definition) is 5. The van der Waals surface area contributed by atoms with Gasteiger partial charge in [-0.25, -0.2) is 4.79 Å². The van der Waals surface area contributed by atoms with Crippen molar-refractivity contribution in [3.63, 3.8) is 0 Å². The van der Waals surface area contributed by atoms with E-state index < -0.39 is 29.7 Å². The highest BCUT2D eigenvalue weighted by molar-refractivity contribution is 5.81. The smallest absolute Gasteiger partial charge is 0.339 e. The number of fused-ring (bicyclic) bond motifs is 1. The molecule has 1 aromatic heterocycles. The maximum Gasteiger partial charge on any atom is 0.339 e. The van der Waals surface area contributed by atoms with Crippen LogP contribution in [0.1, 0.15) is 38.4 Å². The summed E-state index contributed by atoms with van der Waals surface area (Å²) in [5.41, 5.74) is 1.53. The fraction of sp³-hybridized carbons (Fsp3) is 0.533. The number of rotatable bonds is 1. The summed E-state index contributed by atoms with van der Waals surface area (Å²) in [5, 5.41) is 20.2. The number of aliphatic hydroxyl groups is 2. The molecule has 0 bridgehead atoms. The van der Waals surface area contributed by atoms with Gasteiger partial charge in [0.1, 0.15) is 6.10 Å². The van der Waals surface area contributed by atoms with Gasteiger partial charge in [0, 0.05) is 11.0 Å². The van der Waals surface area contributed by atoms with E-state index in [4.69, 9.17) is 9.15 Å². The molecule has 5 nitrogen and oxygen atoms in total. The normalized spacial score (nSPS) is 37.6. The second-order valence-electron chi connectivity index (χ2n) is 5.84. The van der Waals surface area contributed by atoms with Gasteiger partial charge in [-0.2, -0.15) is 0 Å². The van der Waals surface area contributed by atoms with Crippen molar-refractivity contribution >= 4 is 5.97 Å². The summed E-state index contributed by atoms with van der Waals surface area (Å²) in [7, 11) is 0. The minimum absolute atomic E-state index is 0.491. The van der Waals surface area contributed by atoms with Crippen molar-refractivity contribution in [1.82, 2.24) is 0 Å². The van der Waals surface area contributed by atoms with Gasteiger partial charge in [-0.05, 0) is 37.0 Å². The third kappa shape index (κ3) is 1.73. The molecular formula is C15H18O5. The van der Waals surface area contributed by atoms with Crippen LogP contribution in [0.4, 0.5) is 0 Å². The van der Waals surface area contributed by atoms with Gasteiger partial charge in [0.05, 0.1) is 18.6 Å². The molecule has 1 saturated heterocycles. The minimum Gasteiger partial charge on any atom is -0.472 e. The zero-order valence-corrected chi connectivity index (χ0v) is 11.5. The average Bonchev–Trinajstić information content (AvgIpc) is 2.93. The van der Waals surface area contributed by atoms with Crippen LogP contribution in [0.15, 0.2) is 34.2 Å². The molecule has 5 heteroatoms. The molecule has 1 aliphatic carbocycles. The fourth-order valence-electron chi connectivity index (χ4n) is 3.51. The zero-order valence-electron chi connectivity index (χ0n) is 11.5. The maximum atomic E-state index is 11.9. The van der Waals surface area contributed by atoms with E-state index in [1.54, 1.807) is 19.3 Å². The van der Waals surface area contributed by atoms with Gasteiger partial charge in [0.2, 0.25) is 0 Å². The highest BCUT2D eigenvalue weighted by atomic mass is 16.6. The summed E-state index contributed by atoms with van der Waals surface area (Å²) >= 11 is 0. The molecule has 0 spiro atoms. The fourth-order valence-corrected chi connectivity index (χ4v) is 3.51. The second-order valence-corrected chi connectivity index (χ2v) is 5.84. The van der Waals surface area contributed by atoms with Crippen LogP contribution in [0.3, 0.4) is 0 Å². The Bertz CT molecular complexity index is 559. The Morgan fingerprint density at radius 3 is 2.80 bits per heavy atom. The van der Waals surface area contributed by atoms with Crippen molar-refractivity contribution in [2.45, 2.75) is 45.0 Å². The van der Waals surface area contributed by atoms with Gasteiger partial charge < -0.3 is 19.4 Å². The van der Waals surface area contributed by atoms with Gasteiger partial charge >= 0.3 is 5.97 Å². The molecule has 0 aromatic carbocycles. The first kappa shape index (κ1) is 13.4. The Hall–Kier alpha value is -1.59. The summed E-state index contributed by atoms with van der Waals surface area (Å²) < 4.78 is 10.5. The van der Waals surface area contributed by atoms with E-state index in [9.17, 15) is 15.0 Å². The lowest BCUT2D eigenvalue weighted by Gasteiger charge is -2.48. The Morgan fingerprint density at radius 1 is 1.40 bits per heavy atom. The van der Waals surface area contributed by atoms with Crippen molar-refractivity contribution in [2.75, 3.05) is 0 Å². The van der Waals surface area contributed by atoms with Crippen LogP contribution in [0.2, 0.25) is 0 Å². The van der Waals surface area contributed by atoms with Gasteiger partial charge in [-0.3, -0.25) is 0 Å². The standard InChI is InChI=1S/C15H18O5/c1-8-10(16)3-5-15(2)11(8)12(17)14(18)20-13(15)9-4-6-19-7-9/h4,6-7,10,12-13,16-17H,3,5H2,1-2H3/t10-,12+,13-,15-/m1/s1. The monoisotopic (exact) mass is 278 g/mol. The van der Waals surface area contributed by atoms with Crippen LogP contribution in [-0.4, -0.2) is 28.4 Å². The number of cyclic esters (lactones) is 1. The van der Waals surface area contributed by atoms with Gasteiger partial charge in [-0.15, -0.1) is 0 Å². The first-order valence-electron chi connectivity index (χ1n) is 6.75. The van der Waals surface area contributed by atoms with Crippen LogP contribution in [-0.2, 0) is 9.53 Å². The van der Waals surface area contributed by atoms with E-state index in [1.165, 1.54) is 6.26 Å². The highest BCUT2D eigenvalue weighted by Crippen LogP contribution is 2.54. The van der Waals surface area contributed by atoms with E-state index in [-0.39, 0.29) is 0 Å². The summed E-state index contributed by atoms with van der Waals surface area (Å²) in [4.78, 5) is 11.9. The van der Waals surface area contributed by atoms with E-state index in [2.05, 4.69) is 0 Å². The van der Waals surface area contributed by atoms with Crippen molar-refractivity contribution in [2.24, 2.45) is 5.41 Å². The SMILES string of the molecule is CC1=C2[C@H](O)C(=O)O[C@H](c3ccoc3)[C@]2(C)CC[C@H]1O. The minimum atomic E-state index is -1.29. The Kier molecular flexibility index (Phi) is 2.99. The summed E-state index contributed by atoms with van der Waals surface area (Å²) in [5.74, 6) is -0.669. The molecule has 2 N–H and O–H groups in total. The third-order valence-electron chi connectivity index (χ3n) is 4.63. The quantitative estimate of drug-likeness (QED) is 0.604. The van der Waals surface area contributed by atoms with Crippen LogP contribution in [0, 0.1) is 5.41 Å². The van der Waals surface area contributed by atoms with E-state index in [0.29, 0.717) is 24.0 Å². The molecule has 108 valence electrons. The Balaban J connectivity index is 2.14. The molecule has 1 aromatic rings. The molecule has 2 heterocycles. The van der Waals surface area contributed by atoms with Gasteiger partial charge in [0.15, 0.2) is 6.10 Å². The van der Waals surface area contributed by atoms with Gasteiger partial charge in [0.25, 0.3) is 0 Å². The number of aliphatic hydroxyl groups excluding tert-OH is 2. The molecule has 4 atom stereocenters. The predicted molar refractivity (Wildman–Crippen MR) is 69.6 cm³/mol. The van der Waals surface area contributed by atoms with E-state index in [0.717, 1.165) is 5.56 Å². The van der Waals surface area contributed by atoms with Crippen molar-refractivity contribution in [1.29, 1.82) is 0 Å². The number of esters is 1. The first-order valence-corrected chi connectivity index (χ1v) is 6.75. The molecule has 20 heavy (non-hydrogen) atoms. The number of carbonyl (C=O) groups is 1. The number of carbonyl (C=O) groups excluding carboxylic acids is 1. The molecule has 2 aliphatic rings. The highest BCUT2D eigenvalue weighted by Gasteiger charge is 2.53. The summed E-state index contributed by atoms with van der Waals surface area (Å²) in [6, 6.07) is 1.76. The molecule has 1 fully saturated rings. The molecule has 1 aliphatic heterocycles.